The average molecular weight is 549 g/mol. The summed E-state index contributed by atoms with van der Waals surface area (Å²) in [6.07, 6.45) is 0.108. The van der Waals surface area contributed by atoms with Gasteiger partial charge in [-0.05, 0) is 67.1 Å². The highest BCUT2D eigenvalue weighted by Gasteiger charge is 2.35. The molecule has 0 aromatic heterocycles. The Bertz CT molecular complexity index is 1250. The normalized spacial score (nSPS) is 15.1. The highest BCUT2D eigenvalue weighted by atomic mass is 35.5. The lowest BCUT2D eigenvalue weighted by molar-refractivity contribution is -0.125. The van der Waals surface area contributed by atoms with Gasteiger partial charge >= 0.3 is 0 Å². The minimum atomic E-state index is -0.517. The van der Waals surface area contributed by atoms with Gasteiger partial charge < -0.3 is 14.4 Å². The van der Waals surface area contributed by atoms with E-state index in [4.69, 9.17) is 44.3 Å². The van der Waals surface area contributed by atoms with E-state index < -0.39 is 5.92 Å². The van der Waals surface area contributed by atoms with Gasteiger partial charge in [0, 0.05) is 23.7 Å². The van der Waals surface area contributed by atoms with Crippen molar-refractivity contribution in [1.82, 2.24) is 5.43 Å². The third kappa shape index (κ3) is 6.35. The van der Waals surface area contributed by atoms with Crippen molar-refractivity contribution in [3.63, 3.8) is 0 Å². The summed E-state index contributed by atoms with van der Waals surface area (Å²) in [6.45, 7) is 2.97. The number of carbonyl (C=O) groups excluding carboxylic acids is 2. The summed E-state index contributed by atoms with van der Waals surface area (Å²) in [4.78, 5) is 27.0. The summed E-state index contributed by atoms with van der Waals surface area (Å²) in [5.74, 6) is 0.255. The molecule has 3 aromatic carbocycles. The van der Waals surface area contributed by atoms with E-state index in [0.717, 1.165) is 17.0 Å². The monoisotopic (exact) mass is 547 g/mol. The minimum absolute atomic E-state index is 0.108. The molecule has 10 heteroatoms. The lowest BCUT2D eigenvalue weighted by atomic mass is 10.1. The van der Waals surface area contributed by atoms with Crippen LogP contribution in [0.4, 0.5) is 11.4 Å². The van der Waals surface area contributed by atoms with Crippen molar-refractivity contribution in [1.29, 1.82) is 0 Å². The van der Waals surface area contributed by atoms with Crippen molar-refractivity contribution >= 4 is 58.0 Å². The van der Waals surface area contributed by atoms with Gasteiger partial charge in [-0.25, -0.2) is 0 Å². The third-order valence-electron chi connectivity index (χ3n) is 5.60. The van der Waals surface area contributed by atoms with Crippen molar-refractivity contribution in [2.45, 2.75) is 20.0 Å². The number of hydrogen-bond donors (Lipinski definition) is 2. The first-order valence-electron chi connectivity index (χ1n) is 11.3. The van der Waals surface area contributed by atoms with Crippen molar-refractivity contribution in [3.8, 4) is 11.5 Å². The fourth-order valence-corrected chi connectivity index (χ4v) is 4.26. The molecule has 0 unspecified atom stereocenters. The molecule has 1 heterocycles. The Kier molecular flexibility index (Phi) is 8.46. The molecule has 2 N–H and O–H groups in total. The Morgan fingerprint density at radius 3 is 2.50 bits per heavy atom. The molecule has 1 aliphatic heterocycles. The quantitative estimate of drug-likeness (QED) is 0.315. The van der Waals surface area contributed by atoms with E-state index in [2.05, 4.69) is 10.9 Å². The number of nitrogens with zero attached hydrogens (tertiary/aromatic N) is 1. The van der Waals surface area contributed by atoms with Crippen molar-refractivity contribution in [2.24, 2.45) is 5.92 Å². The predicted octanol–water partition coefficient (Wildman–Crippen LogP) is 6.12. The van der Waals surface area contributed by atoms with E-state index in [-0.39, 0.29) is 31.4 Å². The van der Waals surface area contributed by atoms with Crippen LogP contribution >= 0.6 is 34.8 Å². The number of hydrazine groups is 1. The molecular weight excluding hydrogens is 525 g/mol. The van der Waals surface area contributed by atoms with Crippen LogP contribution in [0.25, 0.3) is 0 Å². The first-order valence-corrected chi connectivity index (χ1v) is 12.4. The molecule has 7 nitrogen and oxygen atoms in total. The highest BCUT2D eigenvalue weighted by molar-refractivity contribution is 6.42. The van der Waals surface area contributed by atoms with E-state index in [1.54, 1.807) is 47.4 Å². The van der Waals surface area contributed by atoms with Crippen molar-refractivity contribution < 1.29 is 19.1 Å². The summed E-state index contributed by atoms with van der Waals surface area (Å²) in [7, 11) is 0. The number of ether oxygens (including phenoxy) is 2. The molecule has 0 saturated carbocycles. The lowest BCUT2D eigenvalue weighted by Crippen LogP contribution is -2.36. The molecule has 1 fully saturated rings. The van der Waals surface area contributed by atoms with Gasteiger partial charge in [-0.2, -0.15) is 0 Å². The van der Waals surface area contributed by atoms with Crippen molar-refractivity contribution in [2.75, 3.05) is 23.5 Å². The van der Waals surface area contributed by atoms with Crippen LogP contribution in [0, 0.1) is 5.92 Å². The Morgan fingerprint density at radius 1 is 1.00 bits per heavy atom. The van der Waals surface area contributed by atoms with Gasteiger partial charge in [-0.1, -0.05) is 40.9 Å². The molecule has 188 valence electrons. The molecular formula is C26H24Cl3N3O4. The molecule has 2 amide bonds. The predicted molar refractivity (Wildman–Crippen MR) is 142 cm³/mol. The van der Waals surface area contributed by atoms with Gasteiger partial charge in [0.25, 0.3) is 0 Å². The van der Waals surface area contributed by atoms with Gasteiger partial charge in [0.15, 0.2) is 0 Å². The molecule has 4 rings (SSSR count). The fourth-order valence-electron chi connectivity index (χ4n) is 3.77. The number of amides is 2. The third-order valence-corrected chi connectivity index (χ3v) is 6.57. The van der Waals surface area contributed by atoms with Crippen LogP contribution in [0.2, 0.25) is 15.1 Å². The average Bonchev–Trinajstić information content (AvgIpc) is 3.26. The number of benzene rings is 3. The topological polar surface area (TPSA) is 79.9 Å². The summed E-state index contributed by atoms with van der Waals surface area (Å²) >= 11 is 18.2. The zero-order valence-electron chi connectivity index (χ0n) is 19.4. The molecule has 0 spiro atoms. The van der Waals surface area contributed by atoms with Crippen LogP contribution in [-0.2, 0) is 16.2 Å². The second-order valence-corrected chi connectivity index (χ2v) is 9.38. The number of rotatable bonds is 9. The number of hydrogen-bond acceptors (Lipinski definition) is 5. The number of nitrogens with one attached hydrogen (secondary N) is 2. The van der Waals surface area contributed by atoms with E-state index in [1.165, 1.54) is 0 Å². The Hall–Kier alpha value is -3.13. The van der Waals surface area contributed by atoms with Crippen LogP contribution in [0.15, 0.2) is 60.7 Å². The van der Waals surface area contributed by atoms with Gasteiger partial charge in [0.1, 0.15) is 18.1 Å². The SMILES string of the molecule is CCOc1ccc(N2C[C@H](C(=O)NNc3cc(Cl)ccc3OCc3ccc(Cl)c(Cl)c3)CC2=O)cc1. The Labute approximate surface area is 224 Å². The van der Waals surface area contributed by atoms with Gasteiger partial charge in [-0.3, -0.25) is 20.4 Å². The number of anilines is 2. The van der Waals surface area contributed by atoms with Gasteiger partial charge in [-0.15, -0.1) is 0 Å². The largest absolute Gasteiger partial charge is 0.494 e. The Balaban J connectivity index is 1.37. The van der Waals surface area contributed by atoms with Gasteiger partial charge in [0.05, 0.1) is 28.3 Å². The fraction of sp³-hybridized carbons (Fsp3) is 0.231. The van der Waals surface area contributed by atoms with E-state index in [0.29, 0.717) is 33.1 Å². The molecule has 3 aromatic rings. The molecule has 1 saturated heterocycles. The van der Waals surface area contributed by atoms with Gasteiger partial charge in [0.2, 0.25) is 11.8 Å². The smallest absolute Gasteiger partial charge is 0.243 e. The number of halogens is 3. The maximum absolute atomic E-state index is 12.9. The molecule has 1 atom stereocenters. The van der Waals surface area contributed by atoms with Crippen LogP contribution in [0.5, 0.6) is 11.5 Å². The lowest BCUT2D eigenvalue weighted by Gasteiger charge is -2.18. The maximum Gasteiger partial charge on any atom is 0.243 e. The zero-order valence-corrected chi connectivity index (χ0v) is 21.7. The van der Waals surface area contributed by atoms with Crippen molar-refractivity contribution in [3.05, 3.63) is 81.3 Å². The molecule has 0 aliphatic carbocycles. The second-order valence-electron chi connectivity index (χ2n) is 8.12. The first-order chi connectivity index (χ1) is 17.3. The first kappa shape index (κ1) is 25.9. The van der Waals surface area contributed by atoms with Crippen LogP contribution < -0.4 is 25.2 Å². The summed E-state index contributed by atoms with van der Waals surface area (Å²) < 4.78 is 11.4. The van der Waals surface area contributed by atoms with E-state index in [1.807, 2.05) is 25.1 Å². The number of carbonyl (C=O) groups is 2. The second kappa shape index (κ2) is 11.7. The molecule has 36 heavy (non-hydrogen) atoms. The maximum atomic E-state index is 12.9. The minimum Gasteiger partial charge on any atom is -0.494 e. The summed E-state index contributed by atoms with van der Waals surface area (Å²) in [5.41, 5.74) is 7.58. The molecule has 0 bridgehead atoms. The molecule has 1 aliphatic rings. The van der Waals surface area contributed by atoms with Crippen LogP contribution in [0.3, 0.4) is 0 Å². The zero-order chi connectivity index (χ0) is 25.7. The molecule has 0 radical (unpaired) electrons. The van der Waals surface area contributed by atoms with E-state index >= 15 is 0 Å². The summed E-state index contributed by atoms with van der Waals surface area (Å²) in [6, 6.07) is 17.5. The highest BCUT2D eigenvalue weighted by Crippen LogP contribution is 2.30. The standard InChI is InChI=1S/C26H24Cl3N3O4/c1-2-35-20-7-5-19(6-8-20)32-14-17(12-25(32)33)26(34)31-30-23-13-18(27)4-10-24(23)36-15-16-3-9-21(28)22(29)11-16/h3-11,13,17,30H,2,12,14-15H2,1H3,(H,31,34)/t17-/m1/s1. The van der Waals surface area contributed by atoms with E-state index in [9.17, 15) is 9.59 Å². The summed E-state index contributed by atoms with van der Waals surface area (Å²) in [5, 5.41) is 1.36. The van der Waals surface area contributed by atoms with Crippen LogP contribution in [-0.4, -0.2) is 25.0 Å². The van der Waals surface area contributed by atoms with Crippen LogP contribution in [0.1, 0.15) is 18.9 Å². The Morgan fingerprint density at radius 2 is 1.78 bits per heavy atom.